The van der Waals surface area contributed by atoms with E-state index in [0.29, 0.717) is 16.2 Å². The smallest absolute Gasteiger partial charge is 0.216 e. The van der Waals surface area contributed by atoms with Crippen molar-refractivity contribution in [2.75, 3.05) is 7.11 Å². The molecule has 0 fully saturated rings. The first-order valence-corrected chi connectivity index (χ1v) is 7.62. The van der Waals surface area contributed by atoms with Crippen LogP contribution in [0, 0.1) is 17.5 Å². The van der Waals surface area contributed by atoms with Crippen LogP contribution < -0.4 is 4.74 Å². The fraction of sp³-hybridized carbons (Fsp3) is 0.118. The Morgan fingerprint density at radius 2 is 2.08 bits per heavy atom. The molecule has 0 saturated carbocycles. The van der Waals surface area contributed by atoms with Crippen molar-refractivity contribution in [3.8, 4) is 17.1 Å². The second-order valence-electron chi connectivity index (χ2n) is 5.12. The summed E-state index contributed by atoms with van der Waals surface area (Å²) >= 11 is 5.23. The standard InChI is InChI=1S/C17H15FN4OS/c1-11-5-3-4-6-13(11)16-20-21-17(24)22(16)19-10-12-7-8-15(23-2)14(18)9-12/h3-10H,1-2H3,(H,21,24)/b19-10-. The first kappa shape index (κ1) is 16.1. The van der Waals surface area contributed by atoms with E-state index in [4.69, 9.17) is 17.0 Å². The molecule has 0 aliphatic heterocycles. The molecule has 24 heavy (non-hydrogen) atoms. The van der Waals surface area contributed by atoms with Gasteiger partial charge in [0.2, 0.25) is 4.77 Å². The van der Waals surface area contributed by atoms with Crippen LogP contribution in [0.4, 0.5) is 4.39 Å². The zero-order valence-corrected chi connectivity index (χ0v) is 14.0. The van der Waals surface area contributed by atoms with Gasteiger partial charge >= 0.3 is 0 Å². The Balaban J connectivity index is 1.99. The number of ether oxygens (including phenoxy) is 1. The van der Waals surface area contributed by atoms with E-state index in [-0.39, 0.29) is 5.75 Å². The highest BCUT2D eigenvalue weighted by atomic mass is 32.1. The van der Waals surface area contributed by atoms with Crippen molar-refractivity contribution in [2.45, 2.75) is 6.92 Å². The lowest BCUT2D eigenvalue weighted by Crippen LogP contribution is -1.97. The van der Waals surface area contributed by atoms with Crippen molar-refractivity contribution in [3.05, 3.63) is 64.2 Å². The number of nitrogens with one attached hydrogen (secondary N) is 1. The summed E-state index contributed by atoms with van der Waals surface area (Å²) in [6.07, 6.45) is 1.52. The molecule has 2 aromatic carbocycles. The monoisotopic (exact) mass is 342 g/mol. The number of aryl methyl sites for hydroxylation is 1. The van der Waals surface area contributed by atoms with Gasteiger partial charge in [-0.05, 0) is 48.5 Å². The number of H-pyrrole nitrogens is 1. The molecule has 3 rings (SSSR count). The Hall–Kier alpha value is -2.80. The number of hydrogen-bond acceptors (Lipinski definition) is 4. The number of methoxy groups -OCH3 is 1. The summed E-state index contributed by atoms with van der Waals surface area (Å²) < 4.78 is 20.5. The van der Waals surface area contributed by atoms with Crippen LogP contribution >= 0.6 is 12.2 Å². The van der Waals surface area contributed by atoms with E-state index in [1.165, 1.54) is 24.1 Å². The highest BCUT2D eigenvalue weighted by molar-refractivity contribution is 7.71. The molecule has 0 spiro atoms. The van der Waals surface area contributed by atoms with Crippen LogP contribution in [0.25, 0.3) is 11.4 Å². The SMILES string of the molecule is COc1ccc(/C=N\n2c(-c3ccccc3C)n[nH]c2=S)cc1F. The summed E-state index contributed by atoms with van der Waals surface area (Å²) in [7, 11) is 1.42. The molecular weight excluding hydrogens is 327 g/mol. The lowest BCUT2D eigenvalue weighted by molar-refractivity contribution is 0.386. The van der Waals surface area contributed by atoms with Gasteiger partial charge in [-0.2, -0.15) is 14.9 Å². The van der Waals surface area contributed by atoms with Crippen LogP contribution in [-0.2, 0) is 0 Å². The molecule has 0 radical (unpaired) electrons. The van der Waals surface area contributed by atoms with E-state index in [1.807, 2.05) is 31.2 Å². The predicted octanol–water partition coefficient (Wildman–Crippen LogP) is 3.95. The first-order valence-electron chi connectivity index (χ1n) is 7.21. The van der Waals surface area contributed by atoms with E-state index < -0.39 is 5.82 Å². The molecule has 1 aromatic heterocycles. The van der Waals surface area contributed by atoms with Gasteiger partial charge in [-0.25, -0.2) is 9.49 Å². The van der Waals surface area contributed by atoms with Crippen molar-refractivity contribution in [1.29, 1.82) is 0 Å². The second-order valence-corrected chi connectivity index (χ2v) is 5.50. The van der Waals surface area contributed by atoms with Crippen LogP contribution in [0.3, 0.4) is 0 Å². The van der Waals surface area contributed by atoms with Crippen molar-refractivity contribution in [1.82, 2.24) is 14.9 Å². The van der Waals surface area contributed by atoms with Gasteiger partial charge in [-0.1, -0.05) is 24.3 Å². The number of aromatic nitrogens is 3. The molecule has 5 nitrogen and oxygen atoms in total. The number of nitrogens with zero attached hydrogens (tertiary/aromatic N) is 3. The van der Waals surface area contributed by atoms with Gasteiger partial charge in [0.1, 0.15) is 0 Å². The van der Waals surface area contributed by atoms with E-state index in [9.17, 15) is 4.39 Å². The molecule has 0 atom stereocenters. The van der Waals surface area contributed by atoms with Crippen molar-refractivity contribution in [2.24, 2.45) is 5.10 Å². The van der Waals surface area contributed by atoms with Crippen LogP contribution in [0.15, 0.2) is 47.6 Å². The van der Waals surface area contributed by atoms with E-state index in [1.54, 1.807) is 12.1 Å². The second kappa shape index (κ2) is 6.76. The van der Waals surface area contributed by atoms with Gasteiger partial charge in [-0.3, -0.25) is 0 Å². The number of benzene rings is 2. The van der Waals surface area contributed by atoms with Gasteiger partial charge < -0.3 is 4.74 Å². The Labute approximate surface area is 143 Å². The molecule has 0 unspecified atom stereocenters. The third-order valence-electron chi connectivity index (χ3n) is 3.53. The van der Waals surface area contributed by atoms with E-state index in [0.717, 1.165) is 11.1 Å². The molecule has 1 N–H and O–H groups in total. The summed E-state index contributed by atoms with van der Waals surface area (Å²) in [6, 6.07) is 12.4. The fourth-order valence-corrected chi connectivity index (χ4v) is 2.46. The maximum atomic E-state index is 13.8. The number of rotatable bonds is 4. The maximum absolute atomic E-state index is 13.8. The molecule has 0 aliphatic carbocycles. The Bertz CT molecular complexity index is 961. The Morgan fingerprint density at radius 3 is 2.79 bits per heavy atom. The summed E-state index contributed by atoms with van der Waals surface area (Å²) in [5, 5.41) is 11.3. The lowest BCUT2D eigenvalue weighted by atomic mass is 10.1. The summed E-state index contributed by atoms with van der Waals surface area (Å²) in [6.45, 7) is 1.99. The summed E-state index contributed by atoms with van der Waals surface area (Å²) in [5.74, 6) is 0.340. The molecule has 122 valence electrons. The third kappa shape index (κ3) is 3.11. The lowest BCUT2D eigenvalue weighted by Gasteiger charge is -2.04. The van der Waals surface area contributed by atoms with Gasteiger partial charge in [0.15, 0.2) is 17.4 Å². The highest BCUT2D eigenvalue weighted by Gasteiger charge is 2.10. The molecular formula is C17H15FN4OS. The molecule has 1 heterocycles. The van der Waals surface area contributed by atoms with Crippen LogP contribution in [0.2, 0.25) is 0 Å². The highest BCUT2D eigenvalue weighted by Crippen LogP contribution is 2.21. The maximum Gasteiger partial charge on any atom is 0.216 e. The molecule has 0 aliphatic rings. The van der Waals surface area contributed by atoms with Crippen molar-refractivity contribution < 1.29 is 9.13 Å². The first-order chi connectivity index (χ1) is 11.6. The topological polar surface area (TPSA) is 55.2 Å². The molecule has 3 aromatic rings. The van der Waals surface area contributed by atoms with Gasteiger partial charge in [0, 0.05) is 5.56 Å². The summed E-state index contributed by atoms with van der Waals surface area (Å²) in [4.78, 5) is 0. The minimum Gasteiger partial charge on any atom is -0.494 e. The number of halogens is 1. The van der Waals surface area contributed by atoms with Crippen LogP contribution in [0.5, 0.6) is 5.75 Å². The predicted molar refractivity (Wildman–Crippen MR) is 93.5 cm³/mol. The quantitative estimate of drug-likeness (QED) is 0.577. The van der Waals surface area contributed by atoms with E-state index in [2.05, 4.69) is 15.3 Å². The Kier molecular flexibility index (Phi) is 4.52. The van der Waals surface area contributed by atoms with Crippen LogP contribution in [-0.4, -0.2) is 28.2 Å². The fourth-order valence-electron chi connectivity index (χ4n) is 2.28. The van der Waals surface area contributed by atoms with Gasteiger partial charge in [0.25, 0.3) is 0 Å². The van der Waals surface area contributed by atoms with Crippen LogP contribution in [0.1, 0.15) is 11.1 Å². The normalized spacial score (nSPS) is 11.1. The minimum absolute atomic E-state index is 0.188. The largest absolute Gasteiger partial charge is 0.494 e. The molecule has 7 heteroatoms. The third-order valence-corrected chi connectivity index (χ3v) is 3.80. The van der Waals surface area contributed by atoms with Gasteiger partial charge in [-0.15, -0.1) is 0 Å². The average Bonchev–Trinajstić information content (AvgIpc) is 2.94. The average molecular weight is 342 g/mol. The van der Waals surface area contributed by atoms with Crippen molar-refractivity contribution in [3.63, 3.8) is 0 Å². The van der Waals surface area contributed by atoms with Crippen molar-refractivity contribution >= 4 is 18.4 Å². The Morgan fingerprint density at radius 1 is 1.29 bits per heavy atom. The number of aromatic amines is 1. The summed E-state index contributed by atoms with van der Waals surface area (Å²) in [5.41, 5.74) is 2.56. The van der Waals surface area contributed by atoms with E-state index >= 15 is 0 Å². The molecule has 0 saturated heterocycles. The zero-order chi connectivity index (χ0) is 17.1. The number of hydrogen-bond donors (Lipinski definition) is 1. The minimum atomic E-state index is -0.448. The zero-order valence-electron chi connectivity index (χ0n) is 13.2. The molecule has 0 amide bonds. The molecule has 0 bridgehead atoms. The van der Waals surface area contributed by atoms with Gasteiger partial charge in [0.05, 0.1) is 13.3 Å².